The van der Waals surface area contributed by atoms with Gasteiger partial charge in [0.2, 0.25) is 5.91 Å². The number of para-hydroxylation sites is 1. The Labute approximate surface area is 143 Å². The SMILES string of the molecule is Cc1ccc(NC(=O)[C@@H](C)n2c(=S)[nH]c3ccccc3c2=O)nc1. The van der Waals surface area contributed by atoms with E-state index in [1.54, 1.807) is 37.4 Å². The van der Waals surface area contributed by atoms with Crippen LogP contribution in [0.2, 0.25) is 0 Å². The number of aryl methyl sites for hydroxylation is 1. The average molecular weight is 340 g/mol. The van der Waals surface area contributed by atoms with Gasteiger partial charge in [-0.1, -0.05) is 18.2 Å². The van der Waals surface area contributed by atoms with Crippen molar-refractivity contribution in [2.75, 3.05) is 5.32 Å². The second kappa shape index (κ2) is 6.37. The van der Waals surface area contributed by atoms with Gasteiger partial charge in [-0.05, 0) is 49.8 Å². The summed E-state index contributed by atoms with van der Waals surface area (Å²) in [7, 11) is 0. The molecule has 1 aromatic carbocycles. The van der Waals surface area contributed by atoms with Crippen LogP contribution < -0.4 is 10.9 Å². The first-order valence-corrected chi connectivity index (χ1v) is 7.85. The van der Waals surface area contributed by atoms with Crippen molar-refractivity contribution in [2.45, 2.75) is 19.9 Å². The molecule has 0 spiro atoms. The fourth-order valence-corrected chi connectivity index (χ4v) is 2.77. The lowest BCUT2D eigenvalue weighted by Crippen LogP contribution is -2.33. The zero-order valence-corrected chi connectivity index (χ0v) is 14.1. The molecule has 0 aliphatic carbocycles. The molecule has 0 bridgehead atoms. The van der Waals surface area contributed by atoms with Gasteiger partial charge in [-0.15, -0.1) is 0 Å². The van der Waals surface area contributed by atoms with Crippen LogP contribution in [-0.4, -0.2) is 20.4 Å². The third-order valence-corrected chi connectivity index (χ3v) is 4.06. The Morgan fingerprint density at radius 2 is 2.04 bits per heavy atom. The van der Waals surface area contributed by atoms with E-state index in [4.69, 9.17) is 12.2 Å². The number of fused-ring (bicyclic) bond motifs is 1. The smallest absolute Gasteiger partial charge is 0.262 e. The number of aromatic amines is 1. The second-order valence-electron chi connectivity index (χ2n) is 5.54. The van der Waals surface area contributed by atoms with Crippen LogP contribution in [0, 0.1) is 11.7 Å². The first-order chi connectivity index (χ1) is 11.5. The quantitative estimate of drug-likeness (QED) is 0.719. The minimum atomic E-state index is -0.769. The normalized spacial score (nSPS) is 12.1. The highest BCUT2D eigenvalue weighted by molar-refractivity contribution is 7.71. The summed E-state index contributed by atoms with van der Waals surface area (Å²) >= 11 is 5.26. The molecule has 122 valence electrons. The van der Waals surface area contributed by atoms with Crippen molar-refractivity contribution >= 4 is 34.8 Å². The van der Waals surface area contributed by atoms with Crippen LogP contribution in [0.3, 0.4) is 0 Å². The van der Waals surface area contributed by atoms with Crippen molar-refractivity contribution in [3.8, 4) is 0 Å². The van der Waals surface area contributed by atoms with Crippen LogP contribution in [-0.2, 0) is 4.79 Å². The summed E-state index contributed by atoms with van der Waals surface area (Å²) in [5, 5.41) is 3.19. The van der Waals surface area contributed by atoms with Gasteiger partial charge in [0.25, 0.3) is 5.56 Å². The molecule has 0 saturated carbocycles. The maximum Gasteiger partial charge on any atom is 0.262 e. The van der Waals surface area contributed by atoms with E-state index in [-0.39, 0.29) is 16.2 Å². The molecule has 3 rings (SSSR count). The van der Waals surface area contributed by atoms with E-state index in [0.717, 1.165) is 5.56 Å². The number of carbonyl (C=O) groups is 1. The number of anilines is 1. The molecule has 0 unspecified atom stereocenters. The van der Waals surface area contributed by atoms with E-state index in [2.05, 4.69) is 15.3 Å². The van der Waals surface area contributed by atoms with E-state index >= 15 is 0 Å². The monoisotopic (exact) mass is 340 g/mol. The molecule has 0 radical (unpaired) electrons. The zero-order chi connectivity index (χ0) is 17.3. The molecule has 6 nitrogen and oxygen atoms in total. The molecule has 2 aromatic heterocycles. The van der Waals surface area contributed by atoms with E-state index in [9.17, 15) is 9.59 Å². The number of hydrogen-bond acceptors (Lipinski definition) is 4. The number of amides is 1. The lowest BCUT2D eigenvalue weighted by Gasteiger charge is -2.15. The van der Waals surface area contributed by atoms with E-state index in [1.807, 2.05) is 19.1 Å². The minimum absolute atomic E-state index is 0.207. The van der Waals surface area contributed by atoms with Gasteiger partial charge in [0.1, 0.15) is 11.9 Å². The fraction of sp³-hybridized carbons (Fsp3) is 0.176. The van der Waals surface area contributed by atoms with E-state index in [1.165, 1.54) is 4.57 Å². The maximum absolute atomic E-state index is 12.7. The summed E-state index contributed by atoms with van der Waals surface area (Å²) in [6.07, 6.45) is 1.66. The van der Waals surface area contributed by atoms with Crippen molar-refractivity contribution in [1.82, 2.24) is 14.5 Å². The summed E-state index contributed by atoms with van der Waals surface area (Å²) in [4.78, 5) is 32.3. The Kier molecular flexibility index (Phi) is 4.26. The highest BCUT2D eigenvalue weighted by Crippen LogP contribution is 2.12. The maximum atomic E-state index is 12.7. The predicted octanol–water partition coefficient (Wildman–Crippen LogP) is 2.96. The van der Waals surface area contributed by atoms with E-state index in [0.29, 0.717) is 16.7 Å². The van der Waals surface area contributed by atoms with Crippen molar-refractivity contribution in [2.24, 2.45) is 0 Å². The van der Waals surface area contributed by atoms with Crippen LogP contribution in [0.1, 0.15) is 18.5 Å². The Morgan fingerprint density at radius 3 is 2.75 bits per heavy atom. The molecule has 1 amide bonds. The van der Waals surface area contributed by atoms with Crippen LogP contribution in [0.15, 0.2) is 47.4 Å². The third kappa shape index (κ3) is 2.98. The molecule has 2 N–H and O–H groups in total. The Bertz CT molecular complexity index is 1020. The standard InChI is InChI=1S/C17H16N4O2S/c1-10-7-8-14(18-9-10)20-15(22)11(2)21-16(23)12-5-3-4-6-13(12)19-17(21)24/h3-9,11H,1-2H3,(H,19,24)(H,18,20,22)/t11-/m1/s1. The lowest BCUT2D eigenvalue weighted by atomic mass is 10.2. The summed E-state index contributed by atoms with van der Waals surface area (Å²) in [6.45, 7) is 3.54. The number of hydrogen-bond donors (Lipinski definition) is 2. The molecule has 3 aromatic rings. The molecule has 24 heavy (non-hydrogen) atoms. The summed E-state index contributed by atoms with van der Waals surface area (Å²) < 4.78 is 1.49. The van der Waals surface area contributed by atoms with Gasteiger partial charge >= 0.3 is 0 Å². The zero-order valence-electron chi connectivity index (χ0n) is 13.2. The molecule has 2 heterocycles. The Balaban J connectivity index is 1.97. The first kappa shape index (κ1) is 16.1. The first-order valence-electron chi connectivity index (χ1n) is 7.44. The lowest BCUT2D eigenvalue weighted by molar-refractivity contribution is -0.118. The number of aromatic nitrogens is 3. The van der Waals surface area contributed by atoms with Crippen molar-refractivity contribution < 1.29 is 4.79 Å². The van der Waals surface area contributed by atoms with Gasteiger partial charge in [-0.25, -0.2) is 4.98 Å². The second-order valence-corrected chi connectivity index (χ2v) is 5.92. The van der Waals surface area contributed by atoms with Gasteiger partial charge in [-0.2, -0.15) is 0 Å². The Hall–Kier alpha value is -2.80. The van der Waals surface area contributed by atoms with Crippen LogP contribution >= 0.6 is 12.2 Å². The number of rotatable bonds is 3. The van der Waals surface area contributed by atoms with Crippen molar-refractivity contribution in [3.63, 3.8) is 0 Å². The van der Waals surface area contributed by atoms with Crippen molar-refractivity contribution in [1.29, 1.82) is 0 Å². The van der Waals surface area contributed by atoms with Gasteiger partial charge in [-0.3, -0.25) is 14.2 Å². The van der Waals surface area contributed by atoms with Gasteiger partial charge < -0.3 is 10.3 Å². The largest absolute Gasteiger partial charge is 0.332 e. The predicted molar refractivity (Wildman–Crippen MR) is 95.7 cm³/mol. The number of nitrogens with one attached hydrogen (secondary N) is 2. The molecule has 0 saturated heterocycles. The highest BCUT2D eigenvalue weighted by Gasteiger charge is 2.19. The van der Waals surface area contributed by atoms with Crippen LogP contribution in [0.25, 0.3) is 10.9 Å². The molecule has 7 heteroatoms. The summed E-state index contributed by atoms with van der Waals surface area (Å²) in [6, 6.07) is 9.85. The molecule has 0 aliphatic rings. The third-order valence-electron chi connectivity index (χ3n) is 3.77. The Morgan fingerprint density at radius 1 is 1.29 bits per heavy atom. The minimum Gasteiger partial charge on any atom is -0.332 e. The van der Waals surface area contributed by atoms with Gasteiger partial charge in [0.05, 0.1) is 10.9 Å². The molecule has 0 fully saturated rings. The number of nitrogens with zero attached hydrogens (tertiary/aromatic N) is 2. The highest BCUT2D eigenvalue weighted by atomic mass is 32.1. The van der Waals surface area contributed by atoms with Crippen molar-refractivity contribution in [3.05, 3.63) is 63.3 Å². The van der Waals surface area contributed by atoms with Gasteiger partial charge in [0, 0.05) is 6.20 Å². The summed E-state index contributed by atoms with van der Waals surface area (Å²) in [5.41, 5.74) is 1.35. The number of benzene rings is 1. The summed E-state index contributed by atoms with van der Waals surface area (Å²) in [5.74, 6) is 0.0735. The van der Waals surface area contributed by atoms with E-state index < -0.39 is 6.04 Å². The fourth-order valence-electron chi connectivity index (χ4n) is 2.42. The van der Waals surface area contributed by atoms with Crippen LogP contribution in [0.4, 0.5) is 5.82 Å². The molecular weight excluding hydrogens is 324 g/mol. The number of carbonyl (C=O) groups excluding carboxylic acids is 1. The van der Waals surface area contributed by atoms with Gasteiger partial charge in [0.15, 0.2) is 4.77 Å². The molecule has 1 atom stereocenters. The number of H-pyrrole nitrogens is 1. The van der Waals surface area contributed by atoms with Crippen LogP contribution in [0.5, 0.6) is 0 Å². The average Bonchev–Trinajstić information content (AvgIpc) is 2.56. The topological polar surface area (TPSA) is 79.8 Å². The molecular formula is C17H16N4O2S. The number of pyridine rings is 1. The molecule has 0 aliphatic heterocycles.